The highest BCUT2D eigenvalue weighted by atomic mass is 28.3. The van der Waals surface area contributed by atoms with Crippen LogP contribution in [-0.4, -0.2) is 72.4 Å². The van der Waals surface area contributed by atoms with Gasteiger partial charge < -0.3 is 29.9 Å². The molecular weight excluding hydrogens is 364 g/mol. The monoisotopic (exact) mass is 406 g/mol. The van der Waals surface area contributed by atoms with Gasteiger partial charge in [-0.2, -0.15) is 0 Å². The first kappa shape index (κ1) is 25.0. The molecule has 1 heterocycles. The molecule has 1 fully saturated rings. The molecular formula is C20H42O6Si. The summed E-state index contributed by atoms with van der Waals surface area (Å²) in [5, 5.41) is 38.8. The van der Waals surface area contributed by atoms with E-state index < -0.39 is 45.4 Å². The average Bonchev–Trinajstić information content (AvgIpc) is 2.63. The van der Waals surface area contributed by atoms with Crippen LogP contribution < -0.4 is 0 Å². The predicted octanol–water partition coefficient (Wildman–Crippen LogP) is 2.65. The van der Waals surface area contributed by atoms with Crippen molar-refractivity contribution in [3.63, 3.8) is 0 Å². The first-order valence-corrected chi connectivity index (χ1v) is 14.2. The molecule has 0 unspecified atom stereocenters. The van der Waals surface area contributed by atoms with Crippen molar-refractivity contribution >= 4 is 8.07 Å². The fraction of sp³-hybridized carbons (Fsp3) is 1.00. The smallest absolute Gasteiger partial charge is 0.186 e. The Hall–Kier alpha value is -0.0231. The minimum atomic E-state index is -1.37. The summed E-state index contributed by atoms with van der Waals surface area (Å²) >= 11 is 0. The number of aliphatic hydroxyl groups is 4. The van der Waals surface area contributed by atoms with E-state index in [0.29, 0.717) is 6.61 Å². The summed E-state index contributed by atoms with van der Waals surface area (Å²) in [5.74, 6) is 0. The molecule has 1 aliphatic heterocycles. The van der Waals surface area contributed by atoms with Crippen LogP contribution in [0.4, 0.5) is 0 Å². The van der Waals surface area contributed by atoms with Crippen LogP contribution in [0.5, 0.6) is 0 Å². The van der Waals surface area contributed by atoms with Crippen LogP contribution in [-0.2, 0) is 9.47 Å². The van der Waals surface area contributed by atoms with Gasteiger partial charge in [-0.15, -0.1) is 0 Å². The Morgan fingerprint density at radius 2 is 1.41 bits per heavy atom. The van der Waals surface area contributed by atoms with Crippen molar-refractivity contribution in [3.8, 4) is 0 Å². The first-order valence-electron chi connectivity index (χ1n) is 10.7. The van der Waals surface area contributed by atoms with E-state index in [0.717, 1.165) is 6.04 Å². The topological polar surface area (TPSA) is 99.4 Å². The maximum atomic E-state index is 10.00. The van der Waals surface area contributed by atoms with Gasteiger partial charge in [0.2, 0.25) is 0 Å². The zero-order valence-electron chi connectivity index (χ0n) is 17.5. The SMILES string of the molecule is CCCCCCCCCC[Si](C)(C)CCO[C@H]1O[C@H](CO)[C@@H](O)[C@H](O)[C@H]1O. The van der Waals surface area contributed by atoms with Gasteiger partial charge in [-0.25, -0.2) is 0 Å². The largest absolute Gasteiger partial charge is 0.394 e. The van der Waals surface area contributed by atoms with Gasteiger partial charge in [0.15, 0.2) is 6.29 Å². The van der Waals surface area contributed by atoms with Crippen molar-refractivity contribution in [3.05, 3.63) is 0 Å². The molecule has 0 bridgehead atoms. The molecule has 27 heavy (non-hydrogen) atoms. The quantitative estimate of drug-likeness (QED) is 0.261. The lowest BCUT2D eigenvalue weighted by molar-refractivity contribution is -0.300. The van der Waals surface area contributed by atoms with E-state index in [4.69, 9.17) is 9.47 Å². The molecule has 0 aliphatic carbocycles. The Morgan fingerprint density at radius 1 is 0.815 bits per heavy atom. The summed E-state index contributed by atoms with van der Waals surface area (Å²) in [6.07, 6.45) is 4.71. The second-order valence-electron chi connectivity index (χ2n) is 8.71. The minimum Gasteiger partial charge on any atom is -0.394 e. The van der Waals surface area contributed by atoms with Crippen molar-refractivity contribution in [2.45, 2.75) is 114 Å². The van der Waals surface area contributed by atoms with E-state index in [2.05, 4.69) is 20.0 Å². The molecule has 0 aromatic rings. The molecule has 1 rings (SSSR count). The number of aliphatic hydroxyl groups excluding tert-OH is 4. The molecule has 5 atom stereocenters. The molecule has 162 valence electrons. The molecule has 0 saturated carbocycles. The zero-order valence-corrected chi connectivity index (χ0v) is 18.5. The first-order chi connectivity index (χ1) is 12.8. The van der Waals surface area contributed by atoms with Crippen LogP contribution in [0.3, 0.4) is 0 Å². The van der Waals surface area contributed by atoms with E-state index >= 15 is 0 Å². The van der Waals surface area contributed by atoms with Gasteiger partial charge >= 0.3 is 0 Å². The normalized spacial score (nSPS) is 29.2. The lowest BCUT2D eigenvalue weighted by atomic mass is 9.99. The zero-order chi connectivity index (χ0) is 20.3. The van der Waals surface area contributed by atoms with Crippen LogP contribution >= 0.6 is 0 Å². The molecule has 1 saturated heterocycles. The lowest BCUT2D eigenvalue weighted by Crippen LogP contribution is -2.59. The standard InChI is InChI=1S/C20H42O6Si/c1-4-5-6-7-8-9-10-11-13-27(2,3)14-12-25-20-19(24)18(23)17(22)16(15-21)26-20/h16-24H,4-15H2,1-3H3/t16-,17-,18+,19-,20+/m1/s1. The molecule has 0 aromatic heterocycles. The van der Waals surface area contributed by atoms with E-state index in [1.807, 2.05) is 0 Å². The molecule has 0 radical (unpaired) electrons. The second kappa shape index (κ2) is 13.2. The summed E-state index contributed by atoms with van der Waals surface area (Å²) in [7, 11) is -1.37. The Kier molecular flexibility index (Phi) is 12.3. The van der Waals surface area contributed by atoms with Crippen molar-refractivity contribution in [2.24, 2.45) is 0 Å². The van der Waals surface area contributed by atoms with Crippen LogP contribution in [0.2, 0.25) is 25.2 Å². The van der Waals surface area contributed by atoms with E-state index in [1.165, 1.54) is 57.4 Å². The van der Waals surface area contributed by atoms with Gasteiger partial charge in [0.1, 0.15) is 24.4 Å². The van der Waals surface area contributed by atoms with Crippen molar-refractivity contribution < 1.29 is 29.9 Å². The fourth-order valence-corrected chi connectivity index (χ4v) is 5.65. The van der Waals surface area contributed by atoms with Crippen LogP contribution in [0.1, 0.15) is 58.3 Å². The molecule has 4 N–H and O–H groups in total. The Labute approximate surface area is 165 Å². The number of rotatable bonds is 14. The minimum absolute atomic E-state index is 0.427. The molecule has 0 aromatic carbocycles. The molecule has 0 amide bonds. The molecule has 0 spiro atoms. The van der Waals surface area contributed by atoms with Gasteiger partial charge in [-0.1, -0.05) is 77.4 Å². The van der Waals surface area contributed by atoms with Gasteiger partial charge in [0, 0.05) is 14.7 Å². The van der Waals surface area contributed by atoms with E-state index in [9.17, 15) is 20.4 Å². The number of hydrogen-bond acceptors (Lipinski definition) is 6. The van der Waals surface area contributed by atoms with Crippen LogP contribution in [0.25, 0.3) is 0 Å². The summed E-state index contributed by atoms with van der Waals surface area (Å²) in [6.45, 7) is 6.98. The van der Waals surface area contributed by atoms with Crippen molar-refractivity contribution in [2.75, 3.05) is 13.2 Å². The highest BCUT2D eigenvalue weighted by molar-refractivity contribution is 6.77. The number of unbranched alkanes of at least 4 members (excludes halogenated alkanes) is 7. The highest BCUT2D eigenvalue weighted by Gasteiger charge is 2.44. The van der Waals surface area contributed by atoms with Gasteiger partial charge in [0.05, 0.1) is 6.61 Å². The van der Waals surface area contributed by atoms with Crippen LogP contribution in [0.15, 0.2) is 0 Å². The summed E-state index contributed by atoms with van der Waals surface area (Å²) < 4.78 is 11.0. The lowest BCUT2D eigenvalue weighted by Gasteiger charge is -2.39. The fourth-order valence-electron chi connectivity index (χ4n) is 3.52. The predicted molar refractivity (Wildman–Crippen MR) is 109 cm³/mol. The third kappa shape index (κ3) is 9.34. The van der Waals surface area contributed by atoms with Gasteiger partial charge in [0.25, 0.3) is 0 Å². The van der Waals surface area contributed by atoms with Gasteiger partial charge in [-0.3, -0.25) is 0 Å². The van der Waals surface area contributed by atoms with Crippen molar-refractivity contribution in [1.82, 2.24) is 0 Å². The van der Waals surface area contributed by atoms with Gasteiger partial charge in [-0.05, 0) is 6.04 Å². The number of ether oxygens (including phenoxy) is 2. The Balaban J connectivity index is 2.19. The maximum Gasteiger partial charge on any atom is 0.186 e. The Bertz CT molecular complexity index is 379. The van der Waals surface area contributed by atoms with E-state index in [-0.39, 0.29) is 0 Å². The van der Waals surface area contributed by atoms with E-state index in [1.54, 1.807) is 0 Å². The summed E-state index contributed by atoms with van der Waals surface area (Å²) in [6, 6.07) is 2.22. The molecule has 6 nitrogen and oxygen atoms in total. The number of hydrogen-bond donors (Lipinski definition) is 4. The molecule has 7 heteroatoms. The maximum absolute atomic E-state index is 10.00. The third-order valence-corrected chi connectivity index (χ3v) is 8.88. The van der Waals surface area contributed by atoms with Crippen molar-refractivity contribution in [1.29, 1.82) is 0 Å². The molecule has 1 aliphatic rings. The summed E-state index contributed by atoms with van der Waals surface area (Å²) in [4.78, 5) is 0. The average molecular weight is 407 g/mol. The Morgan fingerprint density at radius 3 is 2.00 bits per heavy atom. The second-order valence-corrected chi connectivity index (χ2v) is 14.0. The van der Waals surface area contributed by atoms with Crippen LogP contribution in [0, 0.1) is 0 Å². The highest BCUT2D eigenvalue weighted by Crippen LogP contribution is 2.24. The summed E-state index contributed by atoms with van der Waals surface area (Å²) in [5.41, 5.74) is 0. The third-order valence-electron chi connectivity index (χ3n) is 5.62.